The zero-order chi connectivity index (χ0) is 15.2. The normalized spacial score (nSPS) is 17.0. The highest BCUT2D eigenvalue weighted by atomic mass is 32.1. The molecule has 2 aromatic rings. The van der Waals surface area contributed by atoms with Crippen molar-refractivity contribution in [2.24, 2.45) is 0 Å². The van der Waals surface area contributed by atoms with E-state index in [0.29, 0.717) is 5.92 Å². The molecule has 21 heavy (non-hydrogen) atoms. The van der Waals surface area contributed by atoms with E-state index in [1.54, 1.807) is 11.3 Å². The van der Waals surface area contributed by atoms with E-state index in [9.17, 15) is 0 Å². The standard InChI is InChI=1S/C15H23N5S/c1-9(12-8-20(15(3,4)5)19-10(12)2)16-14-18-17-13(21-14)11-6-7-11/h8-9,11H,6-7H2,1-5H3,(H,16,18). The van der Waals surface area contributed by atoms with Crippen LogP contribution in [0.5, 0.6) is 0 Å². The number of hydrogen-bond acceptors (Lipinski definition) is 5. The van der Waals surface area contributed by atoms with E-state index in [2.05, 4.69) is 61.4 Å². The smallest absolute Gasteiger partial charge is 0.206 e. The van der Waals surface area contributed by atoms with Crippen molar-refractivity contribution < 1.29 is 0 Å². The molecule has 1 aliphatic carbocycles. The molecule has 1 aliphatic rings. The van der Waals surface area contributed by atoms with Crippen LogP contribution in [0.3, 0.4) is 0 Å². The maximum absolute atomic E-state index is 4.63. The molecule has 2 aromatic heterocycles. The molecule has 1 atom stereocenters. The van der Waals surface area contributed by atoms with Crippen molar-refractivity contribution in [3.63, 3.8) is 0 Å². The maximum atomic E-state index is 4.63. The van der Waals surface area contributed by atoms with Gasteiger partial charge in [0.2, 0.25) is 5.13 Å². The Morgan fingerprint density at radius 1 is 1.33 bits per heavy atom. The van der Waals surface area contributed by atoms with E-state index < -0.39 is 0 Å². The number of aromatic nitrogens is 4. The fraction of sp³-hybridized carbons (Fsp3) is 0.667. The van der Waals surface area contributed by atoms with E-state index in [1.165, 1.54) is 23.4 Å². The first kappa shape index (κ1) is 14.5. The van der Waals surface area contributed by atoms with Gasteiger partial charge in [-0.05, 0) is 47.5 Å². The molecule has 0 saturated heterocycles. The van der Waals surface area contributed by atoms with Crippen molar-refractivity contribution in [2.75, 3.05) is 5.32 Å². The Hall–Kier alpha value is -1.43. The highest BCUT2D eigenvalue weighted by Gasteiger charge is 2.28. The van der Waals surface area contributed by atoms with Crippen molar-refractivity contribution in [3.05, 3.63) is 22.5 Å². The minimum atomic E-state index is 0.00457. The number of rotatable bonds is 4. The minimum Gasteiger partial charge on any atom is -0.353 e. The summed E-state index contributed by atoms with van der Waals surface area (Å²) in [7, 11) is 0. The Morgan fingerprint density at radius 3 is 2.62 bits per heavy atom. The number of hydrogen-bond donors (Lipinski definition) is 1. The van der Waals surface area contributed by atoms with Crippen LogP contribution in [0.25, 0.3) is 0 Å². The molecular formula is C15H23N5S. The van der Waals surface area contributed by atoms with Crippen LogP contribution in [-0.4, -0.2) is 20.0 Å². The van der Waals surface area contributed by atoms with Gasteiger partial charge in [0.05, 0.1) is 17.3 Å². The van der Waals surface area contributed by atoms with Crippen LogP contribution in [0.1, 0.15) is 68.8 Å². The van der Waals surface area contributed by atoms with Crippen molar-refractivity contribution >= 4 is 16.5 Å². The predicted octanol–water partition coefficient (Wildman–Crippen LogP) is 3.85. The zero-order valence-electron chi connectivity index (χ0n) is 13.3. The summed E-state index contributed by atoms with van der Waals surface area (Å²) in [5.41, 5.74) is 2.29. The van der Waals surface area contributed by atoms with Crippen LogP contribution >= 0.6 is 11.3 Å². The Bertz CT molecular complexity index is 633. The summed E-state index contributed by atoms with van der Waals surface area (Å²) < 4.78 is 2.03. The van der Waals surface area contributed by atoms with Crippen molar-refractivity contribution in [3.8, 4) is 0 Å². The molecule has 0 spiro atoms. The number of nitrogens with one attached hydrogen (secondary N) is 1. The SMILES string of the molecule is Cc1nn(C(C)(C)C)cc1C(C)Nc1nnc(C2CC2)s1. The second-order valence-corrected chi connectivity index (χ2v) is 7.88. The van der Waals surface area contributed by atoms with Gasteiger partial charge in [0.1, 0.15) is 5.01 Å². The predicted molar refractivity (Wildman–Crippen MR) is 85.9 cm³/mol. The van der Waals surface area contributed by atoms with Crippen LogP contribution in [0.4, 0.5) is 5.13 Å². The summed E-state index contributed by atoms with van der Waals surface area (Å²) in [4.78, 5) is 0. The third-order valence-corrected chi connectivity index (χ3v) is 4.81. The van der Waals surface area contributed by atoms with Crippen LogP contribution < -0.4 is 5.32 Å². The van der Waals surface area contributed by atoms with Crippen molar-refractivity contribution in [1.29, 1.82) is 0 Å². The molecule has 0 aliphatic heterocycles. The van der Waals surface area contributed by atoms with Gasteiger partial charge in [0.25, 0.3) is 0 Å². The molecule has 6 heteroatoms. The Labute approximate surface area is 129 Å². The second kappa shape index (κ2) is 5.09. The van der Waals surface area contributed by atoms with E-state index >= 15 is 0 Å². The average molecular weight is 305 g/mol. The summed E-state index contributed by atoms with van der Waals surface area (Å²) in [6.07, 6.45) is 4.67. The topological polar surface area (TPSA) is 55.6 Å². The van der Waals surface area contributed by atoms with Gasteiger partial charge in [0, 0.05) is 17.7 Å². The van der Waals surface area contributed by atoms with Crippen molar-refractivity contribution in [1.82, 2.24) is 20.0 Å². The molecule has 0 radical (unpaired) electrons. The third-order valence-electron chi connectivity index (χ3n) is 3.80. The highest BCUT2D eigenvalue weighted by molar-refractivity contribution is 7.15. The lowest BCUT2D eigenvalue weighted by molar-refractivity contribution is 0.354. The van der Waals surface area contributed by atoms with E-state index in [-0.39, 0.29) is 11.6 Å². The first-order chi connectivity index (χ1) is 9.84. The number of nitrogens with zero attached hydrogens (tertiary/aromatic N) is 4. The van der Waals surface area contributed by atoms with Gasteiger partial charge in [0.15, 0.2) is 0 Å². The molecular weight excluding hydrogens is 282 g/mol. The van der Waals surface area contributed by atoms with Gasteiger partial charge in [-0.1, -0.05) is 11.3 Å². The third kappa shape index (κ3) is 3.10. The largest absolute Gasteiger partial charge is 0.353 e. The van der Waals surface area contributed by atoms with Gasteiger partial charge in [-0.3, -0.25) is 4.68 Å². The monoisotopic (exact) mass is 305 g/mol. The fourth-order valence-corrected chi connectivity index (χ4v) is 3.29. The van der Waals surface area contributed by atoms with Gasteiger partial charge in [-0.15, -0.1) is 10.2 Å². The molecule has 0 aromatic carbocycles. The highest BCUT2D eigenvalue weighted by Crippen LogP contribution is 2.42. The summed E-state index contributed by atoms with van der Waals surface area (Å²) in [5.74, 6) is 0.665. The van der Waals surface area contributed by atoms with Gasteiger partial charge in [-0.2, -0.15) is 5.10 Å². The van der Waals surface area contributed by atoms with Crippen molar-refractivity contribution in [2.45, 2.75) is 65.0 Å². The zero-order valence-corrected chi connectivity index (χ0v) is 14.2. The summed E-state index contributed by atoms with van der Waals surface area (Å²) >= 11 is 1.68. The molecule has 3 rings (SSSR count). The lowest BCUT2D eigenvalue weighted by Crippen LogP contribution is -2.22. The molecule has 5 nitrogen and oxygen atoms in total. The quantitative estimate of drug-likeness (QED) is 0.932. The van der Waals surface area contributed by atoms with Gasteiger partial charge >= 0.3 is 0 Å². The molecule has 114 valence electrons. The summed E-state index contributed by atoms with van der Waals surface area (Å²) in [6, 6.07) is 0.182. The average Bonchev–Trinajstić information content (AvgIpc) is 3.00. The molecule has 0 bridgehead atoms. The molecule has 1 saturated carbocycles. The fourth-order valence-electron chi connectivity index (χ4n) is 2.29. The Morgan fingerprint density at radius 2 is 2.05 bits per heavy atom. The van der Waals surface area contributed by atoms with E-state index in [0.717, 1.165) is 10.8 Å². The summed E-state index contributed by atoms with van der Waals surface area (Å²) in [6.45, 7) is 10.7. The Balaban J connectivity index is 1.74. The maximum Gasteiger partial charge on any atom is 0.206 e. The first-order valence-electron chi connectivity index (χ1n) is 7.51. The van der Waals surface area contributed by atoms with Crippen LogP contribution in [-0.2, 0) is 5.54 Å². The minimum absolute atomic E-state index is 0.00457. The van der Waals surface area contributed by atoms with Crippen LogP contribution in [0, 0.1) is 6.92 Å². The molecule has 1 N–H and O–H groups in total. The summed E-state index contributed by atoms with van der Waals surface area (Å²) in [5, 5.41) is 18.7. The number of aryl methyl sites for hydroxylation is 1. The molecule has 0 amide bonds. The van der Waals surface area contributed by atoms with Crippen LogP contribution in [0.2, 0.25) is 0 Å². The van der Waals surface area contributed by atoms with Gasteiger partial charge < -0.3 is 5.32 Å². The first-order valence-corrected chi connectivity index (χ1v) is 8.33. The lowest BCUT2D eigenvalue weighted by atomic mass is 10.1. The molecule has 2 heterocycles. The second-order valence-electron chi connectivity index (χ2n) is 6.87. The van der Waals surface area contributed by atoms with E-state index in [1.807, 2.05) is 4.68 Å². The van der Waals surface area contributed by atoms with Crippen LogP contribution in [0.15, 0.2) is 6.20 Å². The number of anilines is 1. The van der Waals surface area contributed by atoms with Gasteiger partial charge in [-0.25, -0.2) is 0 Å². The van der Waals surface area contributed by atoms with E-state index in [4.69, 9.17) is 0 Å². The Kier molecular flexibility index (Phi) is 3.51. The lowest BCUT2D eigenvalue weighted by Gasteiger charge is -2.19. The molecule has 1 unspecified atom stereocenters. The molecule has 1 fully saturated rings.